The Kier molecular flexibility index (Phi) is 5.13. The van der Waals surface area contributed by atoms with Crippen molar-refractivity contribution < 1.29 is 9.47 Å². The van der Waals surface area contributed by atoms with E-state index in [0.29, 0.717) is 0 Å². The van der Waals surface area contributed by atoms with E-state index in [1.165, 1.54) is 0 Å². The normalized spacial score (nSPS) is 25.6. The second-order valence-corrected chi connectivity index (χ2v) is 5.41. The van der Waals surface area contributed by atoms with E-state index >= 15 is 0 Å². The van der Waals surface area contributed by atoms with Crippen LogP contribution in [0.15, 0.2) is 30.3 Å². The van der Waals surface area contributed by atoms with E-state index in [0.717, 1.165) is 31.2 Å². The van der Waals surface area contributed by atoms with Gasteiger partial charge in [0.2, 0.25) is 0 Å². The van der Waals surface area contributed by atoms with Gasteiger partial charge in [-0.15, -0.1) is 0 Å². The largest absolute Gasteiger partial charge is 0.381 e. The quantitative estimate of drug-likeness (QED) is 0.894. The molecule has 1 aliphatic carbocycles. The number of rotatable bonds is 5. The zero-order chi connectivity index (χ0) is 14.4. The number of methoxy groups -OCH3 is 1. The van der Waals surface area contributed by atoms with Crippen LogP contribution in [0, 0.1) is 11.3 Å². The molecule has 0 aromatic heterocycles. The summed E-state index contributed by atoms with van der Waals surface area (Å²) in [5.74, 6) is 0. The predicted octanol–water partition coefficient (Wildman–Crippen LogP) is 2.34. The van der Waals surface area contributed by atoms with Crippen molar-refractivity contribution in [3.8, 4) is 6.07 Å². The lowest BCUT2D eigenvalue weighted by Crippen LogP contribution is -2.42. The summed E-state index contributed by atoms with van der Waals surface area (Å²) < 4.78 is 11.3. The van der Waals surface area contributed by atoms with Crippen LogP contribution in [0.3, 0.4) is 0 Å². The molecule has 0 bridgehead atoms. The maximum absolute atomic E-state index is 9.39. The number of hydrogen-bond acceptors (Lipinski definition) is 4. The lowest BCUT2D eigenvalue weighted by molar-refractivity contribution is -0.0392. The summed E-state index contributed by atoms with van der Waals surface area (Å²) in [7, 11) is 1.74. The molecule has 0 saturated heterocycles. The van der Waals surface area contributed by atoms with Crippen molar-refractivity contribution in [2.45, 2.75) is 43.4 Å². The first kappa shape index (κ1) is 15.0. The van der Waals surface area contributed by atoms with Gasteiger partial charge in [0.15, 0.2) is 5.54 Å². The van der Waals surface area contributed by atoms with Gasteiger partial charge in [-0.2, -0.15) is 5.26 Å². The van der Waals surface area contributed by atoms with Crippen LogP contribution in [0.1, 0.15) is 31.2 Å². The van der Waals surface area contributed by atoms with Gasteiger partial charge >= 0.3 is 0 Å². The Morgan fingerprint density at radius 2 is 2.00 bits per heavy atom. The van der Waals surface area contributed by atoms with Crippen molar-refractivity contribution in [3.63, 3.8) is 0 Å². The van der Waals surface area contributed by atoms with E-state index in [9.17, 15) is 5.26 Å². The first-order valence-corrected chi connectivity index (χ1v) is 7.08. The smallest absolute Gasteiger partial charge is 0.153 e. The van der Waals surface area contributed by atoms with E-state index in [1.54, 1.807) is 7.11 Å². The summed E-state index contributed by atoms with van der Waals surface area (Å²) in [6, 6.07) is 11.6. The first-order valence-electron chi connectivity index (χ1n) is 7.08. The second-order valence-electron chi connectivity index (χ2n) is 5.41. The fourth-order valence-corrected chi connectivity index (χ4v) is 2.63. The van der Waals surface area contributed by atoms with Gasteiger partial charge < -0.3 is 15.2 Å². The molecule has 1 aromatic rings. The van der Waals surface area contributed by atoms with Gasteiger partial charge in [-0.05, 0) is 31.2 Å². The first-order chi connectivity index (χ1) is 9.68. The third kappa shape index (κ3) is 3.57. The Balaban J connectivity index is 1.96. The van der Waals surface area contributed by atoms with Crippen molar-refractivity contribution in [1.29, 1.82) is 5.26 Å². The van der Waals surface area contributed by atoms with Crippen LogP contribution < -0.4 is 5.73 Å². The Labute approximate surface area is 120 Å². The van der Waals surface area contributed by atoms with Crippen molar-refractivity contribution in [3.05, 3.63) is 35.9 Å². The lowest BCUT2D eigenvalue weighted by atomic mass is 9.92. The van der Waals surface area contributed by atoms with Gasteiger partial charge in [0.1, 0.15) is 0 Å². The Hall–Kier alpha value is -1.41. The highest BCUT2D eigenvalue weighted by molar-refractivity contribution is 5.30. The minimum absolute atomic E-state index is 0.133. The van der Waals surface area contributed by atoms with Crippen molar-refractivity contribution in [2.24, 2.45) is 5.73 Å². The van der Waals surface area contributed by atoms with Gasteiger partial charge in [0.05, 0.1) is 24.9 Å². The number of ether oxygens (including phenoxy) is 2. The molecule has 108 valence electrons. The minimum Gasteiger partial charge on any atom is -0.381 e. The summed E-state index contributed by atoms with van der Waals surface area (Å²) in [4.78, 5) is 0. The minimum atomic E-state index is -1.08. The van der Waals surface area contributed by atoms with Gasteiger partial charge in [-0.1, -0.05) is 30.3 Å². The maximum Gasteiger partial charge on any atom is 0.153 e. The van der Waals surface area contributed by atoms with Crippen LogP contribution in [0.25, 0.3) is 0 Å². The second kappa shape index (κ2) is 6.85. The number of nitrogens with zero attached hydrogens (tertiary/aromatic N) is 1. The number of nitriles is 1. The molecule has 3 atom stereocenters. The van der Waals surface area contributed by atoms with Gasteiger partial charge in [-0.3, -0.25) is 0 Å². The molecule has 0 radical (unpaired) electrons. The molecule has 0 aliphatic heterocycles. The summed E-state index contributed by atoms with van der Waals surface area (Å²) in [5.41, 5.74) is 5.90. The fourth-order valence-electron chi connectivity index (χ4n) is 2.63. The van der Waals surface area contributed by atoms with Crippen LogP contribution >= 0.6 is 0 Å². The van der Waals surface area contributed by atoms with Gasteiger partial charge in [0, 0.05) is 7.11 Å². The van der Waals surface area contributed by atoms with E-state index in [1.807, 2.05) is 30.3 Å². The van der Waals surface area contributed by atoms with Crippen LogP contribution in [0.5, 0.6) is 0 Å². The van der Waals surface area contributed by atoms with Crippen LogP contribution in [-0.2, 0) is 15.0 Å². The molecule has 1 fully saturated rings. The molecule has 0 heterocycles. The van der Waals surface area contributed by atoms with Crippen molar-refractivity contribution >= 4 is 0 Å². The van der Waals surface area contributed by atoms with Gasteiger partial charge in [0.25, 0.3) is 0 Å². The predicted molar refractivity (Wildman–Crippen MR) is 76.9 cm³/mol. The average molecular weight is 274 g/mol. The molecule has 0 amide bonds. The molecule has 4 heteroatoms. The maximum atomic E-state index is 9.39. The molecule has 2 rings (SSSR count). The van der Waals surface area contributed by atoms with Crippen molar-refractivity contribution in [2.75, 3.05) is 13.7 Å². The molecule has 0 spiro atoms. The molecular weight excluding hydrogens is 252 g/mol. The summed E-state index contributed by atoms with van der Waals surface area (Å²) in [6.45, 7) is 0.217. The molecule has 4 nitrogen and oxygen atoms in total. The number of hydrogen-bond donors (Lipinski definition) is 1. The molecule has 1 aliphatic rings. The lowest BCUT2D eigenvalue weighted by Gasteiger charge is -2.31. The van der Waals surface area contributed by atoms with Crippen LogP contribution in [0.2, 0.25) is 0 Å². The summed E-state index contributed by atoms with van der Waals surface area (Å²) in [5, 5.41) is 9.39. The SMILES string of the molecule is COC1CCCC(OCC(N)(C#N)c2ccccc2)C1. The molecule has 20 heavy (non-hydrogen) atoms. The third-order valence-electron chi connectivity index (χ3n) is 3.95. The Morgan fingerprint density at radius 3 is 2.65 bits per heavy atom. The third-order valence-corrected chi connectivity index (χ3v) is 3.95. The molecular formula is C16H22N2O2. The Morgan fingerprint density at radius 1 is 1.30 bits per heavy atom. The highest BCUT2D eigenvalue weighted by atomic mass is 16.5. The highest BCUT2D eigenvalue weighted by Gasteiger charge is 2.30. The van der Waals surface area contributed by atoms with E-state index in [-0.39, 0.29) is 18.8 Å². The molecule has 1 aromatic carbocycles. The molecule has 3 unspecified atom stereocenters. The summed E-state index contributed by atoms with van der Waals surface area (Å²) in [6.07, 6.45) is 4.47. The fraction of sp³-hybridized carbons (Fsp3) is 0.562. The van der Waals surface area contributed by atoms with Crippen molar-refractivity contribution in [1.82, 2.24) is 0 Å². The number of nitrogens with two attached hydrogens (primary N) is 1. The van der Waals surface area contributed by atoms with Crippen LogP contribution in [0.4, 0.5) is 0 Å². The zero-order valence-electron chi connectivity index (χ0n) is 11.9. The number of benzene rings is 1. The molecule has 2 N–H and O–H groups in total. The van der Waals surface area contributed by atoms with E-state index in [4.69, 9.17) is 15.2 Å². The Bertz CT molecular complexity index is 457. The average Bonchev–Trinajstić information content (AvgIpc) is 2.53. The standard InChI is InChI=1S/C16H22N2O2/c1-19-14-8-5-9-15(10-14)20-12-16(18,11-17)13-6-3-2-4-7-13/h2-4,6-7,14-15H,5,8-10,12,18H2,1H3. The van der Waals surface area contributed by atoms with E-state index in [2.05, 4.69) is 6.07 Å². The van der Waals surface area contributed by atoms with Crippen LogP contribution in [-0.4, -0.2) is 25.9 Å². The van der Waals surface area contributed by atoms with Gasteiger partial charge in [-0.25, -0.2) is 0 Å². The highest BCUT2D eigenvalue weighted by Crippen LogP contribution is 2.25. The monoisotopic (exact) mass is 274 g/mol. The molecule has 1 saturated carbocycles. The summed E-state index contributed by atoms with van der Waals surface area (Å²) >= 11 is 0. The van der Waals surface area contributed by atoms with E-state index < -0.39 is 5.54 Å². The zero-order valence-corrected chi connectivity index (χ0v) is 11.9. The topological polar surface area (TPSA) is 68.3 Å².